The average Bonchev–Trinajstić information content (AvgIpc) is 3.12. The van der Waals surface area contributed by atoms with Crippen LogP contribution in [0.1, 0.15) is 55.2 Å². The molecule has 1 fully saturated rings. The minimum atomic E-state index is 0.610. The molecule has 0 aliphatic heterocycles. The van der Waals surface area contributed by atoms with Crippen molar-refractivity contribution in [3.63, 3.8) is 0 Å². The first-order valence-corrected chi connectivity index (χ1v) is 7.03. The summed E-state index contributed by atoms with van der Waals surface area (Å²) in [7, 11) is 4.22. The van der Waals surface area contributed by atoms with E-state index in [9.17, 15) is 0 Å². The van der Waals surface area contributed by atoms with E-state index in [0.29, 0.717) is 5.92 Å². The zero-order valence-electron chi connectivity index (χ0n) is 12.1. The van der Waals surface area contributed by atoms with Crippen LogP contribution in [0.2, 0.25) is 0 Å². The third-order valence-electron chi connectivity index (χ3n) is 3.56. The lowest BCUT2D eigenvalue weighted by Gasteiger charge is -2.11. The second-order valence-corrected chi connectivity index (χ2v) is 5.98. The lowest BCUT2D eigenvalue weighted by atomic mass is 9.95. The first kappa shape index (κ1) is 13.4. The van der Waals surface area contributed by atoms with E-state index >= 15 is 0 Å². The Morgan fingerprint density at radius 1 is 1.28 bits per heavy atom. The van der Waals surface area contributed by atoms with Crippen LogP contribution in [-0.2, 0) is 0 Å². The molecule has 18 heavy (non-hydrogen) atoms. The Balaban J connectivity index is 2.23. The quantitative estimate of drug-likeness (QED) is 0.747. The van der Waals surface area contributed by atoms with Crippen LogP contribution >= 0.6 is 0 Å². The Kier molecular flexibility index (Phi) is 4.23. The molecular formula is C17H25N. The van der Waals surface area contributed by atoms with Gasteiger partial charge in [0.25, 0.3) is 0 Å². The number of hydrogen-bond acceptors (Lipinski definition) is 1. The van der Waals surface area contributed by atoms with Gasteiger partial charge in [0.2, 0.25) is 0 Å². The number of likely N-dealkylation sites (N-methyl/N-ethyl adjacent to an activating group) is 1. The summed E-state index contributed by atoms with van der Waals surface area (Å²) in [6.45, 7) is 5.54. The SMILES string of the molecule is CC(C)c1ccc(C2CC2)c(/C=C\CN(C)C)c1. The molecule has 0 atom stereocenters. The smallest absolute Gasteiger partial charge is 0.0160 e. The van der Waals surface area contributed by atoms with Crippen LogP contribution in [-0.4, -0.2) is 25.5 Å². The first-order chi connectivity index (χ1) is 8.58. The zero-order valence-corrected chi connectivity index (χ0v) is 12.1. The molecule has 0 saturated heterocycles. The molecule has 1 aliphatic rings. The molecule has 0 radical (unpaired) electrons. The Hall–Kier alpha value is -1.08. The van der Waals surface area contributed by atoms with Crippen LogP contribution < -0.4 is 0 Å². The van der Waals surface area contributed by atoms with E-state index in [1.54, 1.807) is 5.56 Å². The Morgan fingerprint density at radius 3 is 2.56 bits per heavy atom. The first-order valence-electron chi connectivity index (χ1n) is 7.03. The van der Waals surface area contributed by atoms with Gasteiger partial charge >= 0.3 is 0 Å². The van der Waals surface area contributed by atoms with Crippen LogP contribution in [0.25, 0.3) is 6.08 Å². The largest absolute Gasteiger partial charge is 0.306 e. The summed E-state index contributed by atoms with van der Waals surface area (Å²) in [5, 5.41) is 0. The Labute approximate surface area is 112 Å². The number of hydrogen-bond donors (Lipinski definition) is 0. The van der Waals surface area contributed by atoms with Gasteiger partial charge in [-0.3, -0.25) is 0 Å². The van der Waals surface area contributed by atoms with Crippen molar-refractivity contribution < 1.29 is 0 Å². The maximum absolute atomic E-state index is 2.38. The van der Waals surface area contributed by atoms with Crippen LogP contribution in [0, 0.1) is 0 Å². The van der Waals surface area contributed by atoms with Crippen molar-refractivity contribution in [2.75, 3.05) is 20.6 Å². The van der Waals surface area contributed by atoms with Crippen molar-refractivity contribution in [2.45, 2.75) is 38.5 Å². The van der Waals surface area contributed by atoms with Crippen molar-refractivity contribution in [2.24, 2.45) is 0 Å². The molecule has 1 aliphatic carbocycles. The van der Waals surface area contributed by atoms with Gasteiger partial charge in [-0.25, -0.2) is 0 Å². The summed E-state index contributed by atoms with van der Waals surface area (Å²) in [4.78, 5) is 2.19. The predicted octanol–water partition coefficient (Wildman–Crippen LogP) is 4.26. The summed E-state index contributed by atoms with van der Waals surface area (Å²) in [6, 6.07) is 7.04. The molecule has 0 bridgehead atoms. The summed E-state index contributed by atoms with van der Waals surface area (Å²) < 4.78 is 0. The molecule has 0 heterocycles. The van der Waals surface area contributed by atoms with Crippen molar-refractivity contribution in [1.82, 2.24) is 4.90 Å². The van der Waals surface area contributed by atoms with Crippen LogP contribution in [0.15, 0.2) is 24.3 Å². The van der Waals surface area contributed by atoms with Gasteiger partial charge in [0.15, 0.2) is 0 Å². The lowest BCUT2D eigenvalue weighted by molar-refractivity contribution is 0.457. The minimum Gasteiger partial charge on any atom is -0.306 e. The molecule has 1 aromatic carbocycles. The maximum Gasteiger partial charge on any atom is 0.0160 e. The number of nitrogens with zero attached hydrogens (tertiary/aromatic N) is 1. The van der Waals surface area contributed by atoms with Crippen molar-refractivity contribution in [3.8, 4) is 0 Å². The molecule has 2 rings (SSSR count). The van der Waals surface area contributed by atoms with Gasteiger partial charge in [-0.1, -0.05) is 44.2 Å². The Bertz CT molecular complexity index is 425. The molecule has 1 saturated carbocycles. The van der Waals surface area contributed by atoms with E-state index in [2.05, 4.69) is 63.2 Å². The minimum absolute atomic E-state index is 0.610. The van der Waals surface area contributed by atoms with E-state index in [0.717, 1.165) is 12.5 Å². The highest BCUT2D eigenvalue weighted by molar-refractivity contribution is 5.57. The van der Waals surface area contributed by atoms with Gasteiger partial charge in [-0.15, -0.1) is 0 Å². The van der Waals surface area contributed by atoms with E-state index in [4.69, 9.17) is 0 Å². The van der Waals surface area contributed by atoms with Crippen molar-refractivity contribution in [3.05, 3.63) is 41.0 Å². The van der Waals surface area contributed by atoms with Gasteiger partial charge in [0, 0.05) is 6.54 Å². The molecule has 1 nitrogen and oxygen atoms in total. The second kappa shape index (κ2) is 5.71. The fourth-order valence-electron chi connectivity index (χ4n) is 2.25. The van der Waals surface area contributed by atoms with E-state index in [-0.39, 0.29) is 0 Å². The zero-order chi connectivity index (χ0) is 13.1. The summed E-state index contributed by atoms with van der Waals surface area (Å²) in [5.74, 6) is 1.43. The van der Waals surface area contributed by atoms with Crippen LogP contribution in [0.4, 0.5) is 0 Å². The molecule has 98 valence electrons. The van der Waals surface area contributed by atoms with Gasteiger partial charge in [-0.2, -0.15) is 0 Å². The number of rotatable bonds is 5. The topological polar surface area (TPSA) is 3.24 Å². The normalized spacial score (nSPS) is 16.1. The van der Waals surface area contributed by atoms with Crippen LogP contribution in [0.3, 0.4) is 0 Å². The third kappa shape index (κ3) is 3.46. The van der Waals surface area contributed by atoms with Gasteiger partial charge in [0.1, 0.15) is 0 Å². The predicted molar refractivity (Wildman–Crippen MR) is 80.1 cm³/mol. The maximum atomic E-state index is 2.38. The van der Waals surface area contributed by atoms with Crippen molar-refractivity contribution >= 4 is 6.08 Å². The van der Waals surface area contributed by atoms with E-state index < -0.39 is 0 Å². The van der Waals surface area contributed by atoms with Gasteiger partial charge in [-0.05, 0) is 55.5 Å². The van der Waals surface area contributed by atoms with Gasteiger partial charge < -0.3 is 4.90 Å². The number of benzene rings is 1. The average molecular weight is 243 g/mol. The van der Waals surface area contributed by atoms with E-state index in [1.165, 1.54) is 24.0 Å². The standard InChI is InChI=1S/C17H25N/c1-13(2)15-9-10-17(14-7-8-14)16(12-15)6-5-11-18(3)4/h5-6,9-10,12-14H,7-8,11H2,1-4H3/b6-5-. The second-order valence-electron chi connectivity index (χ2n) is 5.98. The Morgan fingerprint density at radius 2 is 2.00 bits per heavy atom. The lowest BCUT2D eigenvalue weighted by Crippen LogP contribution is -2.10. The molecule has 0 amide bonds. The van der Waals surface area contributed by atoms with Gasteiger partial charge in [0.05, 0.1) is 0 Å². The molecule has 1 heteroatoms. The van der Waals surface area contributed by atoms with Crippen molar-refractivity contribution in [1.29, 1.82) is 0 Å². The molecular weight excluding hydrogens is 218 g/mol. The molecule has 0 spiro atoms. The highest BCUT2D eigenvalue weighted by Gasteiger charge is 2.25. The molecule has 1 aromatic rings. The van der Waals surface area contributed by atoms with Crippen LogP contribution in [0.5, 0.6) is 0 Å². The molecule has 0 aromatic heterocycles. The fourth-order valence-corrected chi connectivity index (χ4v) is 2.25. The molecule has 0 unspecified atom stereocenters. The summed E-state index contributed by atoms with van der Waals surface area (Å²) >= 11 is 0. The highest BCUT2D eigenvalue weighted by Crippen LogP contribution is 2.42. The molecule has 0 N–H and O–H groups in total. The summed E-state index contributed by atoms with van der Waals surface area (Å²) in [6.07, 6.45) is 7.32. The highest BCUT2D eigenvalue weighted by atomic mass is 15.0. The summed E-state index contributed by atoms with van der Waals surface area (Å²) in [5.41, 5.74) is 4.43. The fraction of sp³-hybridized carbons (Fsp3) is 0.529. The monoisotopic (exact) mass is 243 g/mol. The van der Waals surface area contributed by atoms with E-state index in [1.807, 2.05) is 0 Å². The third-order valence-corrected chi connectivity index (χ3v) is 3.56.